The fraction of sp³-hybridized carbons (Fsp3) is 1.00. The molecule has 0 heterocycles. The highest BCUT2D eigenvalue weighted by Crippen LogP contribution is 2.24. The first-order chi connectivity index (χ1) is 8.95. The van der Waals surface area contributed by atoms with Crippen molar-refractivity contribution in [2.45, 2.75) is 77.7 Å². The number of rotatable bonds is 5. The van der Waals surface area contributed by atoms with Crippen LogP contribution in [0.4, 0.5) is 0 Å². The van der Waals surface area contributed by atoms with E-state index in [2.05, 4.69) is 13.8 Å². The molecule has 1 rings (SSSR count). The van der Waals surface area contributed by atoms with Gasteiger partial charge in [-0.1, -0.05) is 58.8 Å². The first kappa shape index (κ1) is 17.0. The van der Waals surface area contributed by atoms with Crippen LogP contribution in [0.2, 0.25) is 0 Å². The summed E-state index contributed by atoms with van der Waals surface area (Å²) in [6.07, 6.45) is 12.0. The van der Waals surface area contributed by atoms with E-state index >= 15 is 0 Å². The van der Waals surface area contributed by atoms with Crippen LogP contribution in [-0.4, -0.2) is 31.6 Å². The predicted octanol–water partition coefficient (Wildman–Crippen LogP) is 3.80. The molecule has 3 nitrogen and oxygen atoms in total. The van der Waals surface area contributed by atoms with Gasteiger partial charge in [0.1, 0.15) is 0 Å². The lowest BCUT2D eigenvalue weighted by Gasteiger charge is -2.31. The molecule has 0 N–H and O–H groups in total. The molecule has 114 valence electrons. The molecule has 1 unspecified atom stereocenters. The summed E-state index contributed by atoms with van der Waals surface area (Å²) in [5.74, 6) is 0.447. The number of hydrogen-bond acceptors (Lipinski definition) is 2. The van der Waals surface area contributed by atoms with E-state index in [0.29, 0.717) is 12.5 Å². The van der Waals surface area contributed by atoms with Crippen LogP contribution in [0.5, 0.6) is 0 Å². The topological polar surface area (TPSA) is 37.4 Å². The van der Waals surface area contributed by atoms with Crippen molar-refractivity contribution in [3.8, 4) is 0 Å². The van der Waals surface area contributed by atoms with E-state index in [9.17, 15) is 8.42 Å². The monoisotopic (exact) mass is 289 g/mol. The Labute approximate surface area is 119 Å². The van der Waals surface area contributed by atoms with E-state index in [4.69, 9.17) is 0 Å². The van der Waals surface area contributed by atoms with Gasteiger partial charge in [0.15, 0.2) is 0 Å². The second kappa shape index (κ2) is 8.25. The summed E-state index contributed by atoms with van der Waals surface area (Å²) in [5, 5.41) is 0. The fourth-order valence-corrected chi connectivity index (χ4v) is 4.17. The summed E-state index contributed by atoms with van der Waals surface area (Å²) in [7, 11) is -3.08. The van der Waals surface area contributed by atoms with E-state index in [1.807, 2.05) is 0 Å². The van der Waals surface area contributed by atoms with Gasteiger partial charge in [0.05, 0.1) is 6.26 Å². The SMILES string of the molecule is CCC(C)CN(C1CCCCCCCC1)S(C)(=O)=O. The van der Waals surface area contributed by atoms with Gasteiger partial charge in [-0.05, 0) is 18.8 Å². The van der Waals surface area contributed by atoms with Crippen molar-refractivity contribution in [1.29, 1.82) is 0 Å². The average molecular weight is 289 g/mol. The average Bonchev–Trinajstić information content (AvgIpc) is 2.47. The molecule has 0 aromatic heterocycles. The molecule has 19 heavy (non-hydrogen) atoms. The Morgan fingerprint density at radius 3 is 1.95 bits per heavy atom. The van der Waals surface area contributed by atoms with Gasteiger partial charge in [0.2, 0.25) is 10.0 Å². The summed E-state index contributed by atoms with van der Waals surface area (Å²) in [6, 6.07) is 0.238. The minimum atomic E-state index is -3.08. The third kappa shape index (κ3) is 6.26. The molecule has 4 heteroatoms. The molecule has 1 fully saturated rings. The molecule has 0 aromatic rings. The smallest absolute Gasteiger partial charge is 0.211 e. The normalized spacial score (nSPS) is 21.7. The zero-order chi connectivity index (χ0) is 14.3. The second-order valence-electron chi connectivity index (χ2n) is 6.20. The van der Waals surface area contributed by atoms with Crippen LogP contribution in [0.1, 0.15) is 71.6 Å². The van der Waals surface area contributed by atoms with Crippen molar-refractivity contribution in [3.05, 3.63) is 0 Å². The van der Waals surface area contributed by atoms with Gasteiger partial charge in [-0.3, -0.25) is 0 Å². The number of hydrogen-bond donors (Lipinski definition) is 0. The maximum Gasteiger partial charge on any atom is 0.211 e. The van der Waals surface area contributed by atoms with Crippen molar-refractivity contribution < 1.29 is 8.42 Å². The molecule has 1 atom stereocenters. The minimum absolute atomic E-state index is 0.238. The number of sulfonamides is 1. The first-order valence-electron chi connectivity index (χ1n) is 7.92. The van der Waals surface area contributed by atoms with Crippen molar-refractivity contribution in [3.63, 3.8) is 0 Å². The Morgan fingerprint density at radius 1 is 1.05 bits per heavy atom. The maximum atomic E-state index is 12.1. The van der Waals surface area contributed by atoms with E-state index in [0.717, 1.165) is 19.3 Å². The first-order valence-corrected chi connectivity index (χ1v) is 9.76. The van der Waals surface area contributed by atoms with E-state index in [1.54, 1.807) is 4.31 Å². The van der Waals surface area contributed by atoms with Crippen molar-refractivity contribution >= 4 is 10.0 Å². The van der Waals surface area contributed by atoms with E-state index in [1.165, 1.54) is 44.8 Å². The molecule has 0 amide bonds. The Kier molecular flexibility index (Phi) is 7.37. The zero-order valence-corrected chi connectivity index (χ0v) is 13.7. The lowest BCUT2D eigenvalue weighted by atomic mass is 10.0. The molecule has 0 spiro atoms. The lowest BCUT2D eigenvalue weighted by Crippen LogP contribution is -2.42. The Morgan fingerprint density at radius 2 is 1.53 bits per heavy atom. The largest absolute Gasteiger partial charge is 0.212 e. The molecule has 0 aromatic carbocycles. The molecule has 0 radical (unpaired) electrons. The minimum Gasteiger partial charge on any atom is -0.212 e. The van der Waals surface area contributed by atoms with Crippen LogP contribution in [0.15, 0.2) is 0 Å². The Bertz CT molecular complexity index is 330. The van der Waals surface area contributed by atoms with Gasteiger partial charge in [0, 0.05) is 12.6 Å². The summed E-state index contributed by atoms with van der Waals surface area (Å²) in [5.41, 5.74) is 0. The zero-order valence-electron chi connectivity index (χ0n) is 12.9. The lowest BCUT2D eigenvalue weighted by molar-refractivity contribution is 0.252. The molecule has 0 aliphatic heterocycles. The standard InChI is InChI=1S/C15H31NO2S/c1-4-14(2)13-16(19(3,17)18)15-11-9-7-5-6-8-10-12-15/h14-15H,4-13H2,1-3H3. The third-order valence-corrected chi connectivity index (χ3v) is 5.65. The highest BCUT2D eigenvalue weighted by Gasteiger charge is 2.27. The van der Waals surface area contributed by atoms with E-state index in [-0.39, 0.29) is 6.04 Å². The van der Waals surface area contributed by atoms with Crippen LogP contribution >= 0.6 is 0 Å². The van der Waals surface area contributed by atoms with E-state index < -0.39 is 10.0 Å². The van der Waals surface area contributed by atoms with Crippen LogP contribution in [0, 0.1) is 5.92 Å². The number of nitrogens with zero attached hydrogens (tertiary/aromatic N) is 1. The van der Waals surface area contributed by atoms with Crippen molar-refractivity contribution in [2.75, 3.05) is 12.8 Å². The van der Waals surface area contributed by atoms with Crippen LogP contribution in [0.25, 0.3) is 0 Å². The van der Waals surface area contributed by atoms with Gasteiger partial charge in [-0.25, -0.2) is 8.42 Å². The van der Waals surface area contributed by atoms with Gasteiger partial charge in [-0.15, -0.1) is 0 Å². The quantitative estimate of drug-likeness (QED) is 0.772. The summed E-state index contributed by atoms with van der Waals surface area (Å²) in [4.78, 5) is 0. The van der Waals surface area contributed by atoms with Gasteiger partial charge >= 0.3 is 0 Å². The molecule has 1 aliphatic rings. The van der Waals surface area contributed by atoms with Crippen LogP contribution in [0.3, 0.4) is 0 Å². The second-order valence-corrected chi connectivity index (χ2v) is 8.13. The fourth-order valence-electron chi connectivity index (χ4n) is 2.89. The predicted molar refractivity (Wildman–Crippen MR) is 81.7 cm³/mol. The molecular formula is C15H31NO2S. The van der Waals surface area contributed by atoms with Crippen molar-refractivity contribution in [1.82, 2.24) is 4.31 Å². The summed E-state index contributed by atoms with van der Waals surface area (Å²) in [6.45, 7) is 4.97. The summed E-state index contributed by atoms with van der Waals surface area (Å²) >= 11 is 0. The molecule has 0 bridgehead atoms. The van der Waals surface area contributed by atoms with Gasteiger partial charge < -0.3 is 0 Å². The highest BCUT2D eigenvalue weighted by atomic mass is 32.2. The van der Waals surface area contributed by atoms with Gasteiger partial charge in [-0.2, -0.15) is 4.31 Å². The van der Waals surface area contributed by atoms with Crippen LogP contribution < -0.4 is 0 Å². The summed E-state index contributed by atoms with van der Waals surface area (Å²) < 4.78 is 26.0. The highest BCUT2D eigenvalue weighted by molar-refractivity contribution is 7.88. The third-order valence-electron chi connectivity index (χ3n) is 4.35. The maximum absolute atomic E-state index is 12.1. The Hall–Kier alpha value is -0.0900. The molecule has 1 saturated carbocycles. The van der Waals surface area contributed by atoms with Gasteiger partial charge in [0.25, 0.3) is 0 Å². The van der Waals surface area contributed by atoms with Crippen LogP contribution in [-0.2, 0) is 10.0 Å². The molecule has 1 aliphatic carbocycles. The molecular weight excluding hydrogens is 258 g/mol. The molecule has 0 saturated heterocycles. The Balaban J connectivity index is 2.75. The van der Waals surface area contributed by atoms with Crippen molar-refractivity contribution in [2.24, 2.45) is 5.92 Å².